The molecule has 2 rings (SSSR count). The normalized spacial score (nSPS) is 17.2. The monoisotopic (exact) mass is 372 g/mol. The van der Waals surface area contributed by atoms with Gasteiger partial charge in [0.1, 0.15) is 5.82 Å². The predicted octanol–water partition coefficient (Wildman–Crippen LogP) is 3.79. The molecule has 110 valence electrons. The zero-order valence-corrected chi connectivity index (χ0v) is 14.1. The van der Waals surface area contributed by atoms with Crippen LogP contribution in [0.15, 0.2) is 22.7 Å². The Bertz CT molecular complexity index is 387. The first-order chi connectivity index (χ1) is 8.22. The van der Waals surface area contributed by atoms with Crippen molar-refractivity contribution in [1.82, 2.24) is 10.2 Å². The second kappa shape index (κ2) is 9.14. The van der Waals surface area contributed by atoms with Crippen LogP contribution in [0.4, 0.5) is 4.39 Å². The van der Waals surface area contributed by atoms with E-state index in [1.54, 1.807) is 12.1 Å². The van der Waals surface area contributed by atoms with Gasteiger partial charge in [0.2, 0.25) is 0 Å². The molecule has 1 atom stereocenters. The number of halogens is 4. The number of hydrogen-bond acceptors (Lipinski definition) is 2. The molecule has 1 aromatic rings. The summed E-state index contributed by atoms with van der Waals surface area (Å²) in [6, 6.07) is 5.40. The molecule has 0 saturated carbocycles. The van der Waals surface area contributed by atoms with Gasteiger partial charge < -0.3 is 5.32 Å². The smallest absolute Gasteiger partial charge is 0.128 e. The number of nitrogens with zero attached hydrogens (tertiary/aromatic N) is 1. The third-order valence-electron chi connectivity index (χ3n) is 3.30. The van der Waals surface area contributed by atoms with E-state index in [0.717, 1.165) is 42.6 Å². The first-order valence-electron chi connectivity index (χ1n) is 6.12. The highest BCUT2D eigenvalue weighted by atomic mass is 79.9. The summed E-state index contributed by atoms with van der Waals surface area (Å²) in [6.07, 6.45) is 0.938. The standard InChI is InChI=1S/C13H18BrFN2.2ClH/c1-2-13(17-7-5-16-6-8-17)11-9-10(14)3-4-12(11)15;;/h3-4,9,13,16H,2,5-8H2,1H3;2*1H/t13-;;/m1../s1. The molecule has 0 aliphatic carbocycles. The van der Waals surface area contributed by atoms with E-state index in [4.69, 9.17) is 0 Å². The maximum Gasteiger partial charge on any atom is 0.128 e. The van der Waals surface area contributed by atoms with E-state index in [1.807, 2.05) is 6.07 Å². The number of piperazine rings is 1. The molecule has 0 aromatic heterocycles. The zero-order valence-electron chi connectivity index (χ0n) is 10.9. The molecule has 2 nitrogen and oxygen atoms in total. The minimum Gasteiger partial charge on any atom is -0.314 e. The van der Waals surface area contributed by atoms with Gasteiger partial charge in [-0.25, -0.2) is 4.39 Å². The van der Waals surface area contributed by atoms with Crippen LogP contribution in [0.2, 0.25) is 0 Å². The van der Waals surface area contributed by atoms with Gasteiger partial charge in [-0.3, -0.25) is 4.90 Å². The van der Waals surface area contributed by atoms with Crippen molar-refractivity contribution < 1.29 is 4.39 Å². The molecular formula is C13H20BrCl2FN2. The van der Waals surface area contributed by atoms with Gasteiger partial charge in [0.25, 0.3) is 0 Å². The van der Waals surface area contributed by atoms with Crippen LogP contribution in [-0.2, 0) is 0 Å². The van der Waals surface area contributed by atoms with Crippen LogP contribution in [-0.4, -0.2) is 31.1 Å². The van der Waals surface area contributed by atoms with Crippen LogP contribution < -0.4 is 5.32 Å². The zero-order chi connectivity index (χ0) is 12.3. The molecule has 0 bridgehead atoms. The van der Waals surface area contributed by atoms with E-state index in [0.29, 0.717) is 0 Å². The third kappa shape index (κ3) is 4.87. The van der Waals surface area contributed by atoms with E-state index < -0.39 is 0 Å². The average molecular weight is 374 g/mol. The van der Waals surface area contributed by atoms with Gasteiger partial charge in [-0.05, 0) is 24.6 Å². The predicted molar refractivity (Wildman–Crippen MR) is 86.1 cm³/mol. The summed E-state index contributed by atoms with van der Waals surface area (Å²) in [5.41, 5.74) is 0.809. The van der Waals surface area contributed by atoms with Crippen LogP contribution in [0.3, 0.4) is 0 Å². The van der Waals surface area contributed by atoms with Gasteiger partial charge in [0.05, 0.1) is 0 Å². The molecule has 1 aliphatic rings. The topological polar surface area (TPSA) is 15.3 Å². The highest BCUT2D eigenvalue weighted by Gasteiger charge is 2.23. The molecule has 0 unspecified atom stereocenters. The Labute approximate surface area is 135 Å². The highest BCUT2D eigenvalue weighted by molar-refractivity contribution is 9.10. The maximum atomic E-state index is 13.9. The van der Waals surface area contributed by atoms with Crippen LogP contribution in [0, 0.1) is 5.82 Å². The molecule has 1 N–H and O–H groups in total. The van der Waals surface area contributed by atoms with Crippen molar-refractivity contribution in [3.63, 3.8) is 0 Å². The summed E-state index contributed by atoms with van der Waals surface area (Å²) in [6.45, 7) is 6.08. The first-order valence-corrected chi connectivity index (χ1v) is 6.91. The quantitative estimate of drug-likeness (QED) is 0.867. The number of hydrogen-bond donors (Lipinski definition) is 1. The summed E-state index contributed by atoms with van der Waals surface area (Å²) >= 11 is 3.42. The lowest BCUT2D eigenvalue weighted by Crippen LogP contribution is -2.45. The first kappa shape index (κ1) is 19.1. The molecule has 6 heteroatoms. The molecule has 0 amide bonds. The Morgan fingerprint density at radius 1 is 1.32 bits per heavy atom. The Morgan fingerprint density at radius 2 is 1.95 bits per heavy atom. The molecule has 1 heterocycles. The molecule has 0 radical (unpaired) electrons. The van der Waals surface area contributed by atoms with Gasteiger partial charge in [-0.15, -0.1) is 24.8 Å². The Kier molecular flexibility index (Phi) is 9.20. The SMILES string of the molecule is CC[C@H](c1cc(Br)ccc1F)N1CCNCC1.Cl.Cl. The van der Waals surface area contributed by atoms with Gasteiger partial charge >= 0.3 is 0 Å². The summed E-state index contributed by atoms with van der Waals surface area (Å²) in [4.78, 5) is 2.36. The molecule has 1 fully saturated rings. The van der Waals surface area contributed by atoms with Gasteiger partial charge in [-0.2, -0.15) is 0 Å². The van der Waals surface area contributed by atoms with Crippen molar-refractivity contribution in [2.24, 2.45) is 0 Å². The molecule has 1 aromatic carbocycles. The van der Waals surface area contributed by atoms with Crippen molar-refractivity contribution in [2.75, 3.05) is 26.2 Å². The summed E-state index contributed by atoms with van der Waals surface area (Å²) in [5, 5.41) is 3.33. The van der Waals surface area contributed by atoms with E-state index in [2.05, 4.69) is 33.1 Å². The minimum atomic E-state index is -0.0985. The summed E-state index contributed by atoms with van der Waals surface area (Å²) < 4.78 is 14.8. The lowest BCUT2D eigenvalue weighted by molar-refractivity contribution is 0.166. The van der Waals surface area contributed by atoms with Crippen molar-refractivity contribution in [1.29, 1.82) is 0 Å². The second-order valence-corrected chi connectivity index (χ2v) is 5.29. The Hall–Kier alpha value is 0.130. The van der Waals surface area contributed by atoms with Crippen molar-refractivity contribution >= 4 is 40.7 Å². The fourth-order valence-electron chi connectivity index (χ4n) is 2.44. The largest absolute Gasteiger partial charge is 0.314 e. The van der Waals surface area contributed by atoms with Crippen LogP contribution in [0.1, 0.15) is 24.9 Å². The van der Waals surface area contributed by atoms with Crippen molar-refractivity contribution in [3.05, 3.63) is 34.1 Å². The molecule has 1 saturated heterocycles. The maximum absolute atomic E-state index is 13.9. The van der Waals surface area contributed by atoms with E-state index in [1.165, 1.54) is 0 Å². The lowest BCUT2D eigenvalue weighted by atomic mass is 10.0. The molecule has 19 heavy (non-hydrogen) atoms. The average Bonchev–Trinajstić information content (AvgIpc) is 2.36. The third-order valence-corrected chi connectivity index (χ3v) is 3.79. The molecule has 0 spiro atoms. The van der Waals surface area contributed by atoms with Gasteiger partial charge in [-0.1, -0.05) is 22.9 Å². The van der Waals surface area contributed by atoms with E-state index in [9.17, 15) is 4.39 Å². The fraction of sp³-hybridized carbons (Fsp3) is 0.538. The van der Waals surface area contributed by atoms with Crippen molar-refractivity contribution in [2.45, 2.75) is 19.4 Å². The van der Waals surface area contributed by atoms with Crippen LogP contribution in [0.25, 0.3) is 0 Å². The summed E-state index contributed by atoms with van der Waals surface area (Å²) in [7, 11) is 0. The number of nitrogens with one attached hydrogen (secondary N) is 1. The molecule has 1 aliphatic heterocycles. The van der Waals surface area contributed by atoms with E-state index >= 15 is 0 Å². The number of benzene rings is 1. The lowest BCUT2D eigenvalue weighted by Gasteiger charge is -2.34. The Morgan fingerprint density at radius 3 is 2.53 bits per heavy atom. The fourth-order valence-corrected chi connectivity index (χ4v) is 2.82. The van der Waals surface area contributed by atoms with Gasteiger partial charge in [0, 0.05) is 42.3 Å². The van der Waals surface area contributed by atoms with Crippen molar-refractivity contribution in [3.8, 4) is 0 Å². The molecular weight excluding hydrogens is 354 g/mol. The van der Waals surface area contributed by atoms with Gasteiger partial charge in [0.15, 0.2) is 0 Å². The minimum absolute atomic E-state index is 0. The van der Waals surface area contributed by atoms with E-state index in [-0.39, 0.29) is 36.7 Å². The van der Waals surface area contributed by atoms with Crippen LogP contribution >= 0.6 is 40.7 Å². The second-order valence-electron chi connectivity index (χ2n) is 4.38. The Balaban J connectivity index is 0.00000162. The highest BCUT2D eigenvalue weighted by Crippen LogP contribution is 2.28. The van der Waals surface area contributed by atoms with Crippen LogP contribution in [0.5, 0.6) is 0 Å². The summed E-state index contributed by atoms with van der Waals surface area (Å²) in [5.74, 6) is -0.0985. The number of rotatable bonds is 3.